The van der Waals surface area contributed by atoms with Gasteiger partial charge in [0.25, 0.3) is 0 Å². The summed E-state index contributed by atoms with van der Waals surface area (Å²) in [5.41, 5.74) is 0.521. The molecule has 0 saturated carbocycles. The summed E-state index contributed by atoms with van der Waals surface area (Å²) in [6.45, 7) is 16.6. The van der Waals surface area contributed by atoms with Crippen LogP contribution in [0.15, 0.2) is 6.33 Å². The highest BCUT2D eigenvalue weighted by Crippen LogP contribution is 2.29. The minimum atomic E-state index is 0.178. The molecule has 120 valence electrons. The fraction of sp³-hybridized carbons (Fsp3) is 0.875. The average Bonchev–Trinajstić information content (AvgIpc) is 2.90. The maximum Gasteiger partial charge on any atom is 0.147 e. The molecule has 1 N–H and O–H groups in total. The number of fused-ring (bicyclic) bond motifs is 1. The van der Waals surface area contributed by atoms with Gasteiger partial charge in [-0.25, -0.2) is 0 Å². The first-order valence-electron chi connectivity index (χ1n) is 8.21. The largest absolute Gasteiger partial charge is 0.315 e. The number of aromatic nitrogens is 3. The van der Waals surface area contributed by atoms with Crippen LogP contribution < -0.4 is 5.32 Å². The molecule has 0 saturated heterocycles. The predicted molar refractivity (Wildman–Crippen MR) is 86.1 cm³/mol. The van der Waals surface area contributed by atoms with Crippen molar-refractivity contribution in [2.75, 3.05) is 19.6 Å². The zero-order chi connectivity index (χ0) is 15.5. The van der Waals surface area contributed by atoms with E-state index in [-0.39, 0.29) is 5.54 Å². The van der Waals surface area contributed by atoms with E-state index in [1.165, 1.54) is 12.8 Å². The fourth-order valence-corrected chi connectivity index (χ4v) is 2.96. The van der Waals surface area contributed by atoms with E-state index in [1.807, 2.05) is 6.33 Å². The minimum absolute atomic E-state index is 0.178. The number of hydrogen-bond donors (Lipinski definition) is 1. The molecular formula is C16H31N5. The van der Waals surface area contributed by atoms with E-state index < -0.39 is 0 Å². The van der Waals surface area contributed by atoms with Crippen molar-refractivity contribution in [1.29, 1.82) is 0 Å². The van der Waals surface area contributed by atoms with Crippen molar-refractivity contribution in [1.82, 2.24) is 25.0 Å². The Hall–Kier alpha value is -0.940. The average molecular weight is 293 g/mol. The van der Waals surface area contributed by atoms with Crippen LogP contribution in [0.2, 0.25) is 0 Å². The normalized spacial score (nSPS) is 17.0. The van der Waals surface area contributed by atoms with Crippen molar-refractivity contribution in [3.8, 4) is 0 Å². The lowest BCUT2D eigenvalue weighted by Crippen LogP contribution is -2.49. The molecule has 0 bridgehead atoms. The highest BCUT2D eigenvalue weighted by atomic mass is 15.3. The van der Waals surface area contributed by atoms with Crippen molar-refractivity contribution in [2.45, 2.75) is 66.1 Å². The van der Waals surface area contributed by atoms with Gasteiger partial charge in [-0.15, -0.1) is 10.2 Å². The predicted octanol–water partition coefficient (Wildman–Crippen LogP) is 2.29. The third-order valence-corrected chi connectivity index (χ3v) is 4.77. The van der Waals surface area contributed by atoms with Crippen LogP contribution in [-0.4, -0.2) is 44.8 Å². The summed E-state index contributed by atoms with van der Waals surface area (Å²) in [5, 5.41) is 12.0. The van der Waals surface area contributed by atoms with Crippen LogP contribution in [0.4, 0.5) is 0 Å². The van der Waals surface area contributed by atoms with Crippen molar-refractivity contribution >= 4 is 0 Å². The van der Waals surface area contributed by atoms with Crippen molar-refractivity contribution < 1.29 is 0 Å². The van der Waals surface area contributed by atoms with Crippen LogP contribution in [0.1, 0.15) is 53.3 Å². The van der Waals surface area contributed by atoms with Gasteiger partial charge in [0.2, 0.25) is 0 Å². The number of rotatable bonds is 6. The van der Waals surface area contributed by atoms with E-state index in [2.05, 4.69) is 59.6 Å². The maximum absolute atomic E-state index is 4.23. The van der Waals surface area contributed by atoms with Crippen LogP contribution in [0.5, 0.6) is 0 Å². The Labute approximate surface area is 129 Å². The van der Waals surface area contributed by atoms with Gasteiger partial charge in [0, 0.05) is 31.7 Å². The van der Waals surface area contributed by atoms with Gasteiger partial charge in [-0.05, 0) is 39.0 Å². The first-order valence-corrected chi connectivity index (χ1v) is 8.21. The monoisotopic (exact) mass is 293 g/mol. The van der Waals surface area contributed by atoms with E-state index in [1.54, 1.807) is 0 Å². The van der Waals surface area contributed by atoms with Crippen LogP contribution in [0.3, 0.4) is 0 Å². The Bertz CT molecular complexity index is 442. The lowest BCUT2D eigenvalue weighted by Gasteiger charge is -2.40. The standard InChI is InChI=1S/C16H31N5/c1-6-16(7-2,11-17-15(3,4)5)12-20-8-9-21-13-18-19-14(21)10-20/h13,17H,6-12H2,1-5H3. The Balaban J connectivity index is 1.99. The molecule has 5 heteroatoms. The first kappa shape index (κ1) is 16.4. The molecule has 1 aromatic heterocycles. The molecule has 2 heterocycles. The van der Waals surface area contributed by atoms with Gasteiger partial charge in [0.1, 0.15) is 12.2 Å². The quantitative estimate of drug-likeness (QED) is 0.874. The van der Waals surface area contributed by atoms with Crippen LogP contribution in [0, 0.1) is 5.41 Å². The summed E-state index contributed by atoms with van der Waals surface area (Å²) in [6, 6.07) is 0. The van der Waals surface area contributed by atoms with Crippen molar-refractivity contribution in [3.05, 3.63) is 12.2 Å². The summed E-state index contributed by atoms with van der Waals surface area (Å²) in [7, 11) is 0. The maximum atomic E-state index is 4.23. The first-order chi connectivity index (χ1) is 9.87. The van der Waals surface area contributed by atoms with Crippen LogP contribution in [0.25, 0.3) is 0 Å². The molecule has 0 atom stereocenters. The Morgan fingerprint density at radius 3 is 2.52 bits per heavy atom. The van der Waals surface area contributed by atoms with Crippen LogP contribution >= 0.6 is 0 Å². The molecule has 0 radical (unpaired) electrons. The third kappa shape index (κ3) is 4.27. The summed E-state index contributed by atoms with van der Waals surface area (Å²) in [5.74, 6) is 1.10. The van der Waals surface area contributed by atoms with Gasteiger partial charge in [-0.1, -0.05) is 13.8 Å². The van der Waals surface area contributed by atoms with Crippen molar-refractivity contribution in [3.63, 3.8) is 0 Å². The lowest BCUT2D eigenvalue weighted by molar-refractivity contribution is 0.104. The lowest BCUT2D eigenvalue weighted by atomic mass is 9.80. The fourth-order valence-electron chi connectivity index (χ4n) is 2.96. The summed E-state index contributed by atoms with van der Waals surface area (Å²) < 4.78 is 2.17. The number of nitrogens with zero attached hydrogens (tertiary/aromatic N) is 4. The van der Waals surface area contributed by atoms with E-state index in [4.69, 9.17) is 0 Å². The Morgan fingerprint density at radius 2 is 1.90 bits per heavy atom. The van der Waals surface area contributed by atoms with Gasteiger partial charge >= 0.3 is 0 Å². The highest BCUT2D eigenvalue weighted by Gasteiger charge is 2.31. The van der Waals surface area contributed by atoms with E-state index in [9.17, 15) is 0 Å². The SMILES string of the molecule is CCC(CC)(CNC(C)(C)C)CN1CCn2cnnc2C1. The highest BCUT2D eigenvalue weighted by molar-refractivity contribution is 4.93. The topological polar surface area (TPSA) is 46.0 Å². The molecule has 1 aliphatic rings. The molecule has 0 aromatic carbocycles. The zero-order valence-electron chi connectivity index (χ0n) is 14.3. The van der Waals surface area contributed by atoms with Gasteiger partial charge in [0.05, 0.1) is 6.54 Å². The molecule has 1 aromatic rings. The second-order valence-corrected chi connectivity index (χ2v) is 7.46. The van der Waals surface area contributed by atoms with Gasteiger partial charge < -0.3 is 9.88 Å². The zero-order valence-corrected chi connectivity index (χ0v) is 14.3. The van der Waals surface area contributed by atoms with Crippen LogP contribution in [-0.2, 0) is 13.1 Å². The Morgan fingerprint density at radius 1 is 1.19 bits per heavy atom. The summed E-state index contributed by atoms with van der Waals surface area (Å²) in [4.78, 5) is 2.54. The smallest absolute Gasteiger partial charge is 0.147 e. The second-order valence-electron chi connectivity index (χ2n) is 7.46. The summed E-state index contributed by atoms with van der Waals surface area (Å²) >= 11 is 0. The summed E-state index contributed by atoms with van der Waals surface area (Å²) in [6.07, 6.45) is 4.26. The molecule has 0 aliphatic carbocycles. The van der Waals surface area contributed by atoms with E-state index in [0.29, 0.717) is 5.41 Å². The molecule has 21 heavy (non-hydrogen) atoms. The van der Waals surface area contributed by atoms with Gasteiger partial charge in [-0.2, -0.15) is 0 Å². The molecule has 5 nitrogen and oxygen atoms in total. The second kappa shape index (κ2) is 6.44. The Kier molecular flexibility index (Phi) is 5.04. The number of nitrogens with one attached hydrogen (secondary N) is 1. The van der Waals surface area contributed by atoms with Gasteiger partial charge in [0.15, 0.2) is 0 Å². The van der Waals surface area contributed by atoms with E-state index in [0.717, 1.165) is 38.5 Å². The third-order valence-electron chi connectivity index (χ3n) is 4.77. The van der Waals surface area contributed by atoms with E-state index >= 15 is 0 Å². The molecule has 0 fully saturated rings. The molecule has 0 amide bonds. The minimum Gasteiger partial charge on any atom is -0.315 e. The molecular weight excluding hydrogens is 262 g/mol. The van der Waals surface area contributed by atoms with Gasteiger partial charge in [-0.3, -0.25) is 4.90 Å². The molecule has 0 unspecified atom stereocenters. The number of hydrogen-bond acceptors (Lipinski definition) is 4. The molecule has 0 spiro atoms. The molecule has 2 rings (SSSR count). The van der Waals surface area contributed by atoms with Crippen molar-refractivity contribution in [2.24, 2.45) is 5.41 Å². The molecule has 1 aliphatic heterocycles.